The quantitative estimate of drug-likeness (QED) is 0.687. The van der Waals surface area contributed by atoms with Crippen molar-refractivity contribution in [3.05, 3.63) is 40.0 Å². The zero-order valence-electron chi connectivity index (χ0n) is 16.1. The SMILES string of the molecule is O=C(Nc1ncc(F)s1)C(CC1CCOCC1)n1ccc(S(=O)(=O)C2CC2)cc1=O. The van der Waals surface area contributed by atoms with Crippen LogP contribution in [0.2, 0.25) is 0 Å². The molecule has 2 aromatic heterocycles. The molecule has 8 nitrogen and oxygen atoms in total. The van der Waals surface area contributed by atoms with Crippen LogP contribution in [-0.4, -0.2) is 42.3 Å². The molecule has 4 rings (SSSR count). The number of carbonyl (C=O) groups excluding carboxylic acids is 1. The number of pyridine rings is 1. The van der Waals surface area contributed by atoms with Crippen molar-refractivity contribution < 1.29 is 22.3 Å². The van der Waals surface area contributed by atoms with Gasteiger partial charge < -0.3 is 14.6 Å². The van der Waals surface area contributed by atoms with Gasteiger partial charge in [0.15, 0.2) is 20.1 Å². The van der Waals surface area contributed by atoms with E-state index in [-0.39, 0.29) is 15.9 Å². The predicted octanol–water partition coefficient (Wildman–Crippen LogP) is 2.38. The maximum Gasteiger partial charge on any atom is 0.252 e. The van der Waals surface area contributed by atoms with Crippen LogP contribution < -0.4 is 10.9 Å². The Balaban J connectivity index is 1.62. The van der Waals surface area contributed by atoms with E-state index >= 15 is 0 Å². The van der Waals surface area contributed by atoms with Gasteiger partial charge in [0, 0.05) is 25.5 Å². The number of amides is 1. The van der Waals surface area contributed by atoms with Crippen LogP contribution in [0.1, 0.15) is 38.1 Å². The third kappa shape index (κ3) is 4.62. The Morgan fingerprint density at radius 1 is 1.33 bits per heavy atom. The molecule has 1 amide bonds. The van der Waals surface area contributed by atoms with Crippen LogP contribution in [0.15, 0.2) is 34.2 Å². The molecule has 2 aromatic rings. The first kappa shape index (κ1) is 21.1. The first-order valence-electron chi connectivity index (χ1n) is 9.80. The average Bonchev–Trinajstić information content (AvgIpc) is 3.51. The van der Waals surface area contributed by atoms with Crippen molar-refractivity contribution in [3.8, 4) is 0 Å². The molecule has 162 valence electrons. The van der Waals surface area contributed by atoms with Crippen molar-refractivity contribution in [2.24, 2.45) is 5.92 Å². The van der Waals surface area contributed by atoms with Gasteiger partial charge in [-0.15, -0.1) is 0 Å². The molecule has 1 aliphatic heterocycles. The minimum atomic E-state index is -3.50. The Bertz CT molecular complexity index is 1090. The second-order valence-corrected chi connectivity index (χ2v) is 10.8. The lowest BCUT2D eigenvalue weighted by molar-refractivity contribution is -0.120. The summed E-state index contributed by atoms with van der Waals surface area (Å²) < 4.78 is 44.7. The number of ether oxygens (including phenoxy) is 1. The summed E-state index contributed by atoms with van der Waals surface area (Å²) in [5.41, 5.74) is -0.561. The first-order valence-corrected chi connectivity index (χ1v) is 12.2. The van der Waals surface area contributed by atoms with Gasteiger partial charge in [-0.3, -0.25) is 9.59 Å². The van der Waals surface area contributed by atoms with E-state index in [1.54, 1.807) is 0 Å². The Morgan fingerprint density at radius 3 is 2.67 bits per heavy atom. The molecular formula is C19H22FN3O5S2. The normalized spacial score (nSPS) is 18.8. The highest BCUT2D eigenvalue weighted by Crippen LogP contribution is 2.33. The maximum atomic E-state index is 13.2. The van der Waals surface area contributed by atoms with Gasteiger partial charge in [-0.05, 0) is 44.1 Å². The third-order valence-corrected chi connectivity index (χ3v) is 8.42. The Hall–Kier alpha value is -2.11. The van der Waals surface area contributed by atoms with E-state index in [9.17, 15) is 22.4 Å². The van der Waals surface area contributed by atoms with E-state index in [1.165, 1.54) is 16.8 Å². The van der Waals surface area contributed by atoms with Gasteiger partial charge in [0.1, 0.15) is 6.04 Å². The molecule has 1 saturated carbocycles. The highest BCUT2D eigenvalue weighted by molar-refractivity contribution is 7.92. The lowest BCUT2D eigenvalue weighted by Gasteiger charge is -2.27. The van der Waals surface area contributed by atoms with Crippen LogP contribution in [0.5, 0.6) is 0 Å². The van der Waals surface area contributed by atoms with Gasteiger partial charge in [0.05, 0.1) is 16.3 Å². The second-order valence-electron chi connectivity index (χ2n) is 7.62. The Morgan fingerprint density at radius 2 is 2.07 bits per heavy atom. The van der Waals surface area contributed by atoms with Crippen molar-refractivity contribution >= 4 is 32.2 Å². The van der Waals surface area contributed by atoms with E-state index in [1.807, 2.05) is 0 Å². The monoisotopic (exact) mass is 455 g/mol. The second kappa shape index (κ2) is 8.56. The van der Waals surface area contributed by atoms with Gasteiger partial charge in [-0.1, -0.05) is 11.3 Å². The molecule has 0 spiro atoms. The van der Waals surface area contributed by atoms with E-state index in [0.29, 0.717) is 43.8 Å². The fourth-order valence-corrected chi connectivity index (χ4v) is 5.83. The van der Waals surface area contributed by atoms with Crippen molar-refractivity contribution in [2.45, 2.75) is 48.3 Å². The Labute approximate surface area is 177 Å². The number of hydrogen-bond acceptors (Lipinski definition) is 7. The van der Waals surface area contributed by atoms with E-state index in [2.05, 4.69) is 10.3 Å². The van der Waals surface area contributed by atoms with Crippen LogP contribution in [0, 0.1) is 11.0 Å². The summed E-state index contributed by atoms with van der Waals surface area (Å²) in [7, 11) is -3.50. The van der Waals surface area contributed by atoms with Crippen molar-refractivity contribution in [1.29, 1.82) is 0 Å². The zero-order valence-corrected chi connectivity index (χ0v) is 17.8. The number of sulfone groups is 1. The van der Waals surface area contributed by atoms with Gasteiger partial charge in [0.25, 0.3) is 5.56 Å². The molecule has 2 fully saturated rings. The highest BCUT2D eigenvalue weighted by atomic mass is 32.2. The zero-order chi connectivity index (χ0) is 21.3. The molecule has 1 unspecified atom stereocenters. The lowest BCUT2D eigenvalue weighted by Crippen LogP contribution is -2.35. The van der Waals surface area contributed by atoms with Crippen LogP contribution in [0.25, 0.3) is 0 Å². The summed E-state index contributed by atoms with van der Waals surface area (Å²) in [6.07, 6.45) is 5.49. The molecular weight excluding hydrogens is 433 g/mol. The van der Waals surface area contributed by atoms with Gasteiger partial charge in [0.2, 0.25) is 5.91 Å². The molecule has 1 aliphatic carbocycles. The average molecular weight is 456 g/mol. The summed E-state index contributed by atoms with van der Waals surface area (Å²) in [4.78, 5) is 29.6. The Kier molecular flexibility index (Phi) is 6.03. The van der Waals surface area contributed by atoms with Crippen LogP contribution in [0.4, 0.5) is 9.52 Å². The standard InChI is InChI=1S/C19H22FN3O5S2/c20-16-11-21-19(29-16)22-18(25)15(9-12-4-7-28-8-5-12)23-6-3-14(10-17(23)24)30(26,27)13-1-2-13/h3,6,10-13,15H,1-2,4-5,7-9H2,(H,21,22,25). The van der Waals surface area contributed by atoms with Gasteiger partial charge in [-0.2, -0.15) is 4.39 Å². The molecule has 30 heavy (non-hydrogen) atoms. The predicted molar refractivity (Wildman–Crippen MR) is 109 cm³/mol. The summed E-state index contributed by atoms with van der Waals surface area (Å²) in [5.74, 6) is -0.319. The summed E-state index contributed by atoms with van der Waals surface area (Å²) >= 11 is 0.698. The van der Waals surface area contributed by atoms with E-state index in [0.717, 1.165) is 25.1 Å². The fourth-order valence-electron chi connectivity index (χ4n) is 3.62. The highest BCUT2D eigenvalue weighted by Gasteiger charge is 2.37. The molecule has 1 atom stereocenters. The van der Waals surface area contributed by atoms with Crippen LogP contribution in [0.3, 0.4) is 0 Å². The summed E-state index contributed by atoms with van der Waals surface area (Å²) in [6.45, 7) is 1.17. The van der Waals surface area contributed by atoms with Gasteiger partial charge in [-0.25, -0.2) is 13.4 Å². The number of rotatable bonds is 7. The summed E-state index contributed by atoms with van der Waals surface area (Å²) in [5, 5.41) is 1.73. The maximum absolute atomic E-state index is 13.2. The molecule has 1 saturated heterocycles. The minimum absolute atomic E-state index is 0.0153. The molecule has 11 heteroatoms. The molecule has 3 heterocycles. The minimum Gasteiger partial charge on any atom is -0.381 e. The van der Waals surface area contributed by atoms with E-state index < -0.39 is 37.7 Å². The lowest BCUT2D eigenvalue weighted by atomic mass is 9.92. The van der Waals surface area contributed by atoms with Crippen LogP contribution in [-0.2, 0) is 19.4 Å². The number of carbonyl (C=O) groups is 1. The van der Waals surface area contributed by atoms with E-state index in [4.69, 9.17) is 4.74 Å². The molecule has 0 bridgehead atoms. The summed E-state index contributed by atoms with van der Waals surface area (Å²) in [6, 6.07) is 1.59. The smallest absolute Gasteiger partial charge is 0.252 e. The largest absolute Gasteiger partial charge is 0.381 e. The number of anilines is 1. The number of nitrogens with one attached hydrogen (secondary N) is 1. The van der Waals surface area contributed by atoms with Gasteiger partial charge >= 0.3 is 0 Å². The fraction of sp³-hybridized carbons (Fsp3) is 0.526. The van der Waals surface area contributed by atoms with Crippen molar-refractivity contribution in [2.75, 3.05) is 18.5 Å². The first-order chi connectivity index (χ1) is 14.3. The molecule has 2 aliphatic rings. The molecule has 0 aromatic carbocycles. The number of hydrogen-bond donors (Lipinski definition) is 1. The molecule has 0 radical (unpaired) electrons. The number of halogens is 1. The topological polar surface area (TPSA) is 107 Å². The molecule has 1 N–H and O–H groups in total. The van der Waals surface area contributed by atoms with Crippen molar-refractivity contribution in [1.82, 2.24) is 9.55 Å². The third-order valence-electron chi connectivity index (χ3n) is 5.45. The number of aromatic nitrogens is 2. The van der Waals surface area contributed by atoms with Crippen molar-refractivity contribution in [3.63, 3.8) is 0 Å². The number of thiazole rings is 1. The van der Waals surface area contributed by atoms with Crippen LogP contribution >= 0.6 is 11.3 Å². The number of nitrogens with zero attached hydrogens (tertiary/aromatic N) is 2.